The van der Waals surface area contributed by atoms with E-state index in [-0.39, 0.29) is 15.1 Å². The Kier molecular flexibility index (Phi) is 2.97. The minimum atomic E-state index is 0.224. The van der Waals surface area contributed by atoms with Crippen molar-refractivity contribution in [3.63, 3.8) is 0 Å². The van der Waals surface area contributed by atoms with Crippen molar-refractivity contribution < 1.29 is 0 Å². The number of nitrogens with two attached hydrogens (primary N) is 1. The van der Waals surface area contributed by atoms with Gasteiger partial charge in [0.1, 0.15) is 5.69 Å². The van der Waals surface area contributed by atoms with E-state index in [1.54, 1.807) is 0 Å². The average molecular weight is 282 g/mol. The summed E-state index contributed by atoms with van der Waals surface area (Å²) in [6.07, 6.45) is 1.39. The van der Waals surface area contributed by atoms with E-state index in [1.165, 1.54) is 6.20 Å². The Morgan fingerprint density at radius 1 is 1.20 bits per heavy atom. The van der Waals surface area contributed by atoms with Crippen LogP contribution in [0.25, 0.3) is 11.5 Å². The summed E-state index contributed by atoms with van der Waals surface area (Å²) in [6.45, 7) is 0. The SMILES string of the molecule is Nc1nc(-c2ncc(Cl)c(Cl)c2Cl)ns1. The minimum absolute atomic E-state index is 0.224. The zero-order valence-electron chi connectivity index (χ0n) is 7.04. The summed E-state index contributed by atoms with van der Waals surface area (Å²) < 4.78 is 3.97. The van der Waals surface area contributed by atoms with Gasteiger partial charge in [-0.2, -0.15) is 9.36 Å². The van der Waals surface area contributed by atoms with Gasteiger partial charge in [0.2, 0.25) is 0 Å². The van der Waals surface area contributed by atoms with Gasteiger partial charge < -0.3 is 5.73 Å². The molecular weight excluding hydrogens is 279 g/mol. The van der Waals surface area contributed by atoms with Crippen LogP contribution in [0.3, 0.4) is 0 Å². The molecule has 0 aromatic carbocycles. The van der Waals surface area contributed by atoms with Crippen LogP contribution in [0.4, 0.5) is 5.13 Å². The predicted molar refractivity (Wildman–Crippen MR) is 62.6 cm³/mol. The van der Waals surface area contributed by atoms with Gasteiger partial charge in [0.25, 0.3) is 0 Å². The zero-order valence-corrected chi connectivity index (χ0v) is 10.1. The lowest BCUT2D eigenvalue weighted by molar-refractivity contribution is 1.24. The lowest BCUT2D eigenvalue weighted by atomic mass is 10.3. The monoisotopic (exact) mass is 280 g/mol. The van der Waals surface area contributed by atoms with Gasteiger partial charge in [-0.25, -0.2) is 4.98 Å². The summed E-state index contributed by atoms with van der Waals surface area (Å²) in [5.74, 6) is 0.348. The number of pyridine rings is 1. The van der Waals surface area contributed by atoms with Crippen LogP contribution in [0, 0.1) is 0 Å². The molecule has 78 valence electrons. The van der Waals surface area contributed by atoms with Gasteiger partial charge >= 0.3 is 0 Å². The van der Waals surface area contributed by atoms with Gasteiger partial charge in [-0.05, 0) is 0 Å². The Hall–Kier alpha value is -0.620. The second-order valence-electron chi connectivity index (χ2n) is 2.54. The Balaban J connectivity index is 2.59. The number of rotatable bonds is 1. The van der Waals surface area contributed by atoms with Crippen molar-refractivity contribution in [3.8, 4) is 11.5 Å². The molecule has 0 atom stereocenters. The Morgan fingerprint density at radius 2 is 1.93 bits per heavy atom. The zero-order chi connectivity index (χ0) is 11.0. The van der Waals surface area contributed by atoms with Crippen molar-refractivity contribution in [3.05, 3.63) is 21.3 Å². The first kappa shape index (κ1) is 10.9. The van der Waals surface area contributed by atoms with Gasteiger partial charge in [0.05, 0.1) is 15.1 Å². The molecule has 8 heteroatoms. The highest BCUT2D eigenvalue weighted by atomic mass is 35.5. The second kappa shape index (κ2) is 4.09. The smallest absolute Gasteiger partial charge is 0.200 e. The van der Waals surface area contributed by atoms with E-state index >= 15 is 0 Å². The molecule has 4 nitrogen and oxygen atoms in total. The highest BCUT2D eigenvalue weighted by Crippen LogP contribution is 2.35. The third kappa shape index (κ3) is 2.01. The van der Waals surface area contributed by atoms with Crippen LogP contribution < -0.4 is 5.73 Å². The maximum atomic E-state index is 5.95. The molecule has 2 aromatic rings. The van der Waals surface area contributed by atoms with Crippen LogP contribution in [-0.2, 0) is 0 Å². The first-order valence-corrected chi connectivity index (χ1v) is 5.59. The van der Waals surface area contributed by atoms with Crippen LogP contribution in [0.5, 0.6) is 0 Å². The Labute approximate surface area is 104 Å². The molecule has 0 aliphatic rings. The maximum absolute atomic E-state index is 5.95. The molecule has 0 radical (unpaired) electrons. The summed E-state index contributed by atoms with van der Waals surface area (Å²) in [6, 6.07) is 0. The van der Waals surface area contributed by atoms with Crippen LogP contribution in [0.1, 0.15) is 0 Å². The summed E-state index contributed by atoms with van der Waals surface area (Å²) >= 11 is 18.6. The van der Waals surface area contributed by atoms with Crippen LogP contribution in [-0.4, -0.2) is 14.3 Å². The van der Waals surface area contributed by atoms with E-state index in [4.69, 9.17) is 40.5 Å². The van der Waals surface area contributed by atoms with E-state index < -0.39 is 0 Å². The van der Waals surface area contributed by atoms with E-state index in [0.717, 1.165) is 11.5 Å². The van der Waals surface area contributed by atoms with E-state index in [2.05, 4.69) is 14.3 Å². The lowest BCUT2D eigenvalue weighted by Gasteiger charge is -2.01. The molecule has 2 N–H and O–H groups in total. The van der Waals surface area contributed by atoms with Crippen LogP contribution in [0.15, 0.2) is 6.20 Å². The molecule has 0 aliphatic carbocycles. The molecule has 15 heavy (non-hydrogen) atoms. The maximum Gasteiger partial charge on any atom is 0.200 e. The van der Waals surface area contributed by atoms with Crippen molar-refractivity contribution in [1.29, 1.82) is 0 Å². The minimum Gasteiger partial charge on any atom is -0.374 e. The molecule has 0 spiro atoms. The average Bonchev–Trinajstić information content (AvgIpc) is 2.61. The molecule has 0 aliphatic heterocycles. The van der Waals surface area contributed by atoms with Gasteiger partial charge in [-0.3, -0.25) is 0 Å². The quantitative estimate of drug-likeness (QED) is 0.872. The highest BCUT2D eigenvalue weighted by molar-refractivity contribution is 7.09. The third-order valence-electron chi connectivity index (χ3n) is 1.57. The second-order valence-corrected chi connectivity index (χ2v) is 4.49. The molecule has 0 fully saturated rings. The number of hydrogen-bond acceptors (Lipinski definition) is 5. The number of nitrogens with zero attached hydrogens (tertiary/aromatic N) is 3. The Morgan fingerprint density at radius 3 is 2.53 bits per heavy atom. The fraction of sp³-hybridized carbons (Fsp3) is 0. The predicted octanol–water partition coefficient (Wildman–Crippen LogP) is 3.14. The van der Waals surface area contributed by atoms with Crippen molar-refractivity contribution >= 4 is 51.5 Å². The van der Waals surface area contributed by atoms with E-state index in [0.29, 0.717) is 16.6 Å². The first-order valence-electron chi connectivity index (χ1n) is 3.68. The normalized spacial score (nSPS) is 10.6. The standard InChI is InChI=1S/C7H3Cl3N4S/c8-2-1-12-5(4(10)3(2)9)6-13-7(11)15-14-6/h1H,(H2,11,13,14). The molecule has 0 saturated carbocycles. The molecule has 2 heterocycles. The summed E-state index contributed by atoms with van der Waals surface area (Å²) in [4.78, 5) is 7.95. The molecule has 0 unspecified atom stereocenters. The van der Waals surface area contributed by atoms with E-state index in [9.17, 15) is 0 Å². The van der Waals surface area contributed by atoms with Crippen molar-refractivity contribution in [1.82, 2.24) is 14.3 Å². The number of aromatic nitrogens is 3. The fourth-order valence-electron chi connectivity index (χ4n) is 0.931. The molecule has 2 aromatic heterocycles. The number of anilines is 1. The number of halogens is 3. The van der Waals surface area contributed by atoms with Gasteiger partial charge in [-0.1, -0.05) is 34.8 Å². The van der Waals surface area contributed by atoms with Gasteiger partial charge in [0, 0.05) is 17.7 Å². The molecule has 0 saturated heterocycles. The van der Waals surface area contributed by atoms with Crippen molar-refractivity contribution in [2.24, 2.45) is 0 Å². The van der Waals surface area contributed by atoms with Crippen LogP contribution in [0.2, 0.25) is 15.1 Å². The molecule has 0 amide bonds. The van der Waals surface area contributed by atoms with Crippen LogP contribution >= 0.6 is 46.3 Å². The summed E-state index contributed by atoms with van der Waals surface area (Å²) in [5, 5.41) is 1.08. The molecular formula is C7H3Cl3N4S. The third-order valence-corrected chi connectivity index (χ3v) is 3.35. The summed E-state index contributed by atoms with van der Waals surface area (Å²) in [5.41, 5.74) is 5.82. The fourth-order valence-corrected chi connectivity index (χ4v) is 1.93. The first-order chi connectivity index (χ1) is 7.09. The largest absolute Gasteiger partial charge is 0.374 e. The highest BCUT2D eigenvalue weighted by Gasteiger charge is 2.15. The van der Waals surface area contributed by atoms with Gasteiger partial charge in [-0.15, -0.1) is 0 Å². The molecule has 0 bridgehead atoms. The lowest BCUT2D eigenvalue weighted by Crippen LogP contribution is -1.89. The Bertz CT molecular complexity index is 513. The number of hydrogen-bond donors (Lipinski definition) is 1. The summed E-state index contributed by atoms with van der Waals surface area (Å²) in [7, 11) is 0. The van der Waals surface area contributed by atoms with E-state index in [1.807, 2.05) is 0 Å². The number of nitrogen functional groups attached to an aromatic ring is 1. The molecule has 2 rings (SSSR count). The topological polar surface area (TPSA) is 64.7 Å². The van der Waals surface area contributed by atoms with Gasteiger partial charge in [0.15, 0.2) is 11.0 Å². The van der Waals surface area contributed by atoms with Crippen molar-refractivity contribution in [2.75, 3.05) is 5.73 Å². The van der Waals surface area contributed by atoms with Crippen molar-refractivity contribution in [2.45, 2.75) is 0 Å².